The number of hydrogen-bond donors (Lipinski definition) is 1. The second-order valence-electron chi connectivity index (χ2n) is 2.70. The van der Waals surface area contributed by atoms with Crippen LogP contribution in [-0.4, -0.2) is 4.98 Å². The van der Waals surface area contributed by atoms with E-state index < -0.39 is 0 Å². The van der Waals surface area contributed by atoms with Crippen LogP contribution in [0.4, 0.5) is 10.1 Å². The normalized spacial score (nSPS) is 10.5. The maximum atomic E-state index is 13.2. The molecule has 1 aromatic heterocycles. The minimum Gasteiger partial charge on any atom is -0.440 e. The largest absolute Gasteiger partial charge is 0.440 e. The van der Waals surface area contributed by atoms with E-state index in [0.717, 1.165) is 0 Å². The fourth-order valence-electron chi connectivity index (χ4n) is 0.987. The van der Waals surface area contributed by atoms with Gasteiger partial charge in [-0.2, -0.15) is 0 Å². The molecule has 0 amide bonds. The second-order valence-corrected chi connectivity index (χ2v) is 4.55. The molecule has 0 fully saturated rings. The summed E-state index contributed by atoms with van der Waals surface area (Å²) < 4.78 is 18.6. The van der Waals surface area contributed by atoms with Crippen LogP contribution in [0.1, 0.15) is 0 Å². The third-order valence-electron chi connectivity index (χ3n) is 1.66. The molecule has 1 aromatic carbocycles. The molecule has 2 aromatic rings. The van der Waals surface area contributed by atoms with Crippen LogP contribution in [0.5, 0.6) is 0 Å². The lowest BCUT2D eigenvalue weighted by Gasteiger charge is -2.03. The van der Waals surface area contributed by atoms with Crippen LogP contribution in [0.15, 0.2) is 43.6 Å². The van der Waals surface area contributed by atoms with Gasteiger partial charge in [0.1, 0.15) is 12.1 Å². The highest BCUT2D eigenvalue weighted by Crippen LogP contribution is 2.33. The third kappa shape index (κ3) is 2.32. The Bertz CT molecular complexity index is 475. The van der Waals surface area contributed by atoms with Crippen LogP contribution in [0.25, 0.3) is 0 Å². The molecule has 2 rings (SSSR count). The fraction of sp³-hybridized carbons (Fsp3) is 0. The van der Waals surface area contributed by atoms with E-state index in [9.17, 15) is 4.39 Å². The van der Waals surface area contributed by atoms with Gasteiger partial charge in [-0.1, -0.05) is 0 Å². The van der Waals surface area contributed by atoms with Gasteiger partial charge >= 0.3 is 0 Å². The van der Waals surface area contributed by atoms with Crippen molar-refractivity contribution in [2.24, 2.45) is 0 Å². The Morgan fingerprint density at radius 2 is 2.27 bits per heavy atom. The molecule has 0 bridgehead atoms. The van der Waals surface area contributed by atoms with Crippen molar-refractivity contribution in [2.45, 2.75) is 10.1 Å². The van der Waals surface area contributed by atoms with Gasteiger partial charge in [-0.3, -0.25) is 0 Å². The standard InChI is InChI=1S/C9H6BrFN2OS/c10-5-3-7(12)8(4-6(5)11)15-9-13-1-2-14-9/h1-4H,12H2. The smallest absolute Gasteiger partial charge is 0.260 e. The maximum Gasteiger partial charge on any atom is 0.260 e. The van der Waals surface area contributed by atoms with Crippen molar-refractivity contribution in [1.82, 2.24) is 4.98 Å². The van der Waals surface area contributed by atoms with Gasteiger partial charge in [-0.05, 0) is 39.8 Å². The highest BCUT2D eigenvalue weighted by molar-refractivity contribution is 9.10. The van der Waals surface area contributed by atoms with Crippen molar-refractivity contribution in [2.75, 3.05) is 5.73 Å². The first-order chi connectivity index (χ1) is 7.16. The number of anilines is 1. The monoisotopic (exact) mass is 288 g/mol. The van der Waals surface area contributed by atoms with Gasteiger partial charge in [-0.25, -0.2) is 9.37 Å². The lowest BCUT2D eigenvalue weighted by molar-refractivity contribution is 0.454. The third-order valence-corrected chi connectivity index (χ3v) is 3.22. The molecule has 2 N–H and O–H groups in total. The van der Waals surface area contributed by atoms with E-state index in [1.807, 2.05) is 0 Å². The molecule has 0 unspecified atom stereocenters. The Labute approximate surface area is 98.0 Å². The molecule has 15 heavy (non-hydrogen) atoms. The van der Waals surface area contributed by atoms with E-state index in [2.05, 4.69) is 20.9 Å². The van der Waals surface area contributed by atoms with Crippen molar-refractivity contribution < 1.29 is 8.81 Å². The second kappa shape index (κ2) is 4.24. The quantitative estimate of drug-likeness (QED) is 0.862. The first-order valence-corrected chi connectivity index (χ1v) is 5.59. The summed E-state index contributed by atoms with van der Waals surface area (Å²) >= 11 is 4.23. The van der Waals surface area contributed by atoms with Gasteiger partial charge in [0.05, 0.1) is 10.7 Å². The molecule has 0 aliphatic rings. The number of nitrogen functional groups attached to an aromatic ring is 1. The minimum absolute atomic E-state index is 0.344. The van der Waals surface area contributed by atoms with Crippen LogP contribution < -0.4 is 5.73 Å². The molecular weight excluding hydrogens is 283 g/mol. The van der Waals surface area contributed by atoms with Gasteiger partial charge in [-0.15, -0.1) is 0 Å². The Morgan fingerprint density at radius 1 is 1.47 bits per heavy atom. The molecule has 0 atom stereocenters. The molecule has 1 heterocycles. The summed E-state index contributed by atoms with van der Waals surface area (Å²) in [6, 6.07) is 2.86. The van der Waals surface area contributed by atoms with Gasteiger partial charge in [0, 0.05) is 10.6 Å². The van der Waals surface area contributed by atoms with E-state index >= 15 is 0 Å². The predicted octanol–water partition coefficient (Wildman–Crippen LogP) is 3.31. The Morgan fingerprint density at radius 3 is 2.93 bits per heavy atom. The first kappa shape index (κ1) is 10.5. The molecule has 6 heteroatoms. The molecule has 78 valence electrons. The van der Waals surface area contributed by atoms with Crippen LogP contribution in [-0.2, 0) is 0 Å². The van der Waals surface area contributed by atoms with E-state index in [-0.39, 0.29) is 5.82 Å². The molecule has 0 aliphatic carbocycles. The van der Waals surface area contributed by atoms with Crippen molar-refractivity contribution in [3.8, 4) is 0 Å². The zero-order valence-corrected chi connectivity index (χ0v) is 9.81. The number of nitrogens with two attached hydrogens (primary N) is 1. The molecule has 0 radical (unpaired) electrons. The number of rotatable bonds is 2. The summed E-state index contributed by atoms with van der Waals surface area (Å²) in [5.74, 6) is -0.363. The summed E-state index contributed by atoms with van der Waals surface area (Å²) in [6.07, 6.45) is 2.97. The van der Waals surface area contributed by atoms with E-state index in [1.165, 1.54) is 36.4 Å². The molecule has 0 saturated heterocycles. The number of oxazole rings is 1. The molecule has 0 aliphatic heterocycles. The summed E-state index contributed by atoms with van der Waals surface area (Å²) in [5, 5.41) is 0.434. The number of hydrogen-bond acceptors (Lipinski definition) is 4. The Hall–Kier alpha value is -1.01. The Kier molecular flexibility index (Phi) is 2.97. The fourth-order valence-corrected chi connectivity index (χ4v) is 2.09. The Balaban J connectivity index is 2.33. The van der Waals surface area contributed by atoms with Crippen molar-refractivity contribution in [3.63, 3.8) is 0 Å². The predicted molar refractivity (Wildman–Crippen MR) is 59.1 cm³/mol. The van der Waals surface area contributed by atoms with Gasteiger partial charge in [0.25, 0.3) is 5.22 Å². The van der Waals surface area contributed by atoms with Crippen LogP contribution in [0, 0.1) is 5.82 Å². The van der Waals surface area contributed by atoms with Crippen molar-refractivity contribution in [3.05, 3.63) is 34.9 Å². The van der Waals surface area contributed by atoms with Crippen molar-refractivity contribution >= 4 is 33.4 Å². The van der Waals surface area contributed by atoms with Crippen LogP contribution in [0.3, 0.4) is 0 Å². The highest BCUT2D eigenvalue weighted by atomic mass is 79.9. The average molecular weight is 289 g/mol. The summed E-state index contributed by atoms with van der Waals surface area (Å²) in [4.78, 5) is 4.49. The summed E-state index contributed by atoms with van der Waals surface area (Å²) in [7, 11) is 0. The molecule has 0 spiro atoms. The highest BCUT2D eigenvalue weighted by Gasteiger charge is 2.09. The molecular formula is C9H6BrFN2OS. The topological polar surface area (TPSA) is 52.0 Å². The lowest BCUT2D eigenvalue weighted by atomic mass is 10.3. The summed E-state index contributed by atoms with van der Waals surface area (Å²) in [6.45, 7) is 0. The number of aromatic nitrogens is 1. The van der Waals surface area contributed by atoms with Gasteiger partial charge in [0.15, 0.2) is 0 Å². The average Bonchev–Trinajstić information content (AvgIpc) is 2.67. The zero-order valence-electron chi connectivity index (χ0n) is 7.41. The zero-order chi connectivity index (χ0) is 10.8. The summed E-state index contributed by atoms with van der Waals surface area (Å²) in [5.41, 5.74) is 6.20. The van der Waals surface area contributed by atoms with Crippen LogP contribution >= 0.6 is 27.7 Å². The van der Waals surface area contributed by atoms with E-state index in [1.54, 1.807) is 0 Å². The number of benzene rings is 1. The van der Waals surface area contributed by atoms with E-state index in [0.29, 0.717) is 20.3 Å². The molecule has 3 nitrogen and oxygen atoms in total. The minimum atomic E-state index is -0.363. The number of halogens is 2. The lowest BCUT2D eigenvalue weighted by Crippen LogP contribution is -1.90. The first-order valence-electron chi connectivity index (χ1n) is 3.98. The SMILES string of the molecule is Nc1cc(Br)c(F)cc1Sc1ncco1. The van der Waals surface area contributed by atoms with Crippen molar-refractivity contribution in [1.29, 1.82) is 0 Å². The van der Waals surface area contributed by atoms with Gasteiger partial charge in [0.2, 0.25) is 0 Å². The van der Waals surface area contributed by atoms with Crippen LogP contribution in [0.2, 0.25) is 0 Å². The number of nitrogens with zero attached hydrogens (tertiary/aromatic N) is 1. The maximum absolute atomic E-state index is 13.2. The molecule has 0 saturated carbocycles. The van der Waals surface area contributed by atoms with E-state index in [4.69, 9.17) is 10.2 Å². The van der Waals surface area contributed by atoms with Gasteiger partial charge < -0.3 is 10.2 Å².